The normalized spacial score (nSPS) is 19.0. The van der Waals surface area contributed by atoms with Gasteiger partial charge in [-0.25, -0.2) is 0 Å². The molecule has 1 atom stereocenters. The number of carbonyl (C=O) groups excluding carboxylic acids is 1. The molecule has 1 fully saturated rings. The lowest BCUT2D eigenvalue weighted by Gasteiger charge is -2.34. The molecule has 1 aromatic carbocycles. The first-order chi connectivity index (χ1) is 13.5. The van der Waals surface area contributed by atoms with Gasteiger partial charge in [-0.2, -0.15) is 4.98 Å². The summed E-state index contributed by atoms with van der Waals surface area (Å²) in [6.45, 7) is 8.93. The van der Waals surface area contributed by atoms with Gasteiger partial charge in [-0.05, 0) is 51.1 Å². The molecule has 2 aliphatic heterocycles. The number of benzene rings is 1. The van der Waals surface area contributed by atoms with E-state index in [2.05, 4.69) is 22.0 Å². The SMILES string of the molecule is CC(C)c1noc([C@@H](C)N2CCC(C(=O)c3ccc4c(c3)OCCO4)CC2)n1. The third kappa shape index (κ3) is 3.76. The fourth-order valence-corrected chi connectivity index (χ4v) is 3.79. The number of hydrogen-bond acceptors (Lipinski definition) is 7. The molecule has 0 spiro atoms. The molecule has 150 valence electrons. The Balaban J connectivity index is 1.37. The van der Waals surface area contributed by atoms with Crippen LogP contribution in [0.2, 0.25) is 0 Å². The van der Waals surface area contributed by atoms with Crippen molar-refractivity contribution in [2.75, 3.05) is 26.3 Å². The zero-order chi connectivity index (χ0) is 19.7. The van der Waals surface area contributed by atoms with Crippen molar-refractivity contribution in [2.45, 2.75) is 45.6 Å². The highest BCUT2D eigenvalue weighted by Gasteiger charge is 2.31. The molecule has 3 heterocycles. The highest BCUT2D eigenvalue weighted by molar-refractivity contribution is 5.98. The highest BCUT2D eigenvalue weighted by atomic mass is 16.6. The van der Waals surface area contributed by atoms with Crippen LogP contribution in [0.15, 0.2) is 22.7 Å². The van der Waals surface area contributed by atoms with E-state index in [4.69, 9.17) is 14.0 Å². The van der Waals surface area contributed by atoms with E-state index in [0.717, 1.165) is 31.8 Å². The Morgan fingerprint density at radius 1 is 1.11 bits per heavy atom. The molecule has 0 saturated carbocycles. The van der Waals surface area contributed by atoms with E-state index < -0.39 is 0 Å². The van der Waals surface area contributed by atoms with E-state index in [0.29, 0.717) is 36.2 Å². The van der Waals surface area contributed by atoms with Gasteiger partial charge in [0.1, 0.15) is 13.2 Å². The number of rotatable bonds is 5. The summed E-state index contributed by atoms with van der Waals surface area (Å²) in [6, 6.07) is 5.56. The Bertz CT molecular complexity index is 840. The van der Waals surface area contributed by atoms with Gasteiger partial charge < -0.3 is 14.0 Å². The molecule has 1 saturated heterocycles. The molecule has 28 heavy (non-hydrogen) atoms. The van der Waals surface area contributed by atoms with Crippen LogP contribution < -0.4 is 9.47 Å². The van der Waals surface area contributed by atoms with Crippen molar-refractivity contribution in [3.8, 4) is 11.5 Å². The van der Waals surface area contributed by atoms with Crippen molar-refractivity contribution in [3.63, 3.8) is 0 Å². The maximum Gasteiger partial charge on any atom is 0.243 e. The Morgan fingerprint density at radius 3 is 2.50 bits per heavy atom. The third-order valence-electron chi connectivity index (χ3n) is 5.61. The second kappa shape index (κ2) is 7.91. The Labute approximate surface area is 165 Å². The summed E-state index contributed by atoms with van der Waals surface area (Å²) in [7, 11) is 0. The molecule has 0 N–H and O–H groups in total. The molecule has 0 aliphatic carbocycles. The lowest BCUT2D eigenvalue weighted by molar-refractivity contribution is 0.0774. The largest absolute Gasteiger partial charge is 0.486 e. The number of aromatic nitrogens is 2. The van der Waals surface area contributed by atoms with Crippen LogP contribution in [0.5, 0.6) is 11.5 Å². The molecule has 0 unspecified atom stereocenters. The number of ketones is 1. The number of ether oxygens (including phenoxy) is 2. The summed E-state index contributed by atoms with van der Waals surface area (Å²) < 4.78 is 16.6. The zero-order valence-electron chi connectivity index (χ0n) is 16.7. The van der Waals surface area contributed by atoms with Gasteiger partial charge in [-0.15, -0.1) is 0 Å². The quantitative estimate of drug-likeness (QED) is 0.728. The van der Waals surface area contributed by atoms with Gasteiger partial charge in [0.2, 0.25) is 5.89 Å². The van der Waals surface area contributed by atoms with Crippen LogP contribution in [0.25, 0.3) is 0 Å². The van der Waals surface area contributed by atoms with Gasteiger partial charge in [-0.3, -0.25) is 9.69 Å². The molecule has 2 aliphatic rings. The van der Waals surface area contributed by atoms with Crippen LogP contribution in [-0.4, -0.2) is 47.1 Å². The van der Waals surface area contributed by atoms with Crippen molar-refractivity contribution in [1.82, 2.24) is 15.0 Å². The minimum Gasteiger partial charge on any atom is -0.486 e. The number of Topliss-reactive ketones (excluding diaryl/α,β-unsaturated/α-hetero) is 1. The molecule has 1 aromatic heterocycles. The predicted octanol–water partition coefficient (Wildman–Crippen LogP) is 3.62. The van der Waals surface area contributed by atoms with Crippen molar-refractivity contribution in [3.05, 3.63) is 35.5 Å². The molecular weight excluding hydrogens is 358 g/mol. The van der Waals surface area contributed by atoms with E-state index >= 15 is 0 Å². The molecule has 4 rings (SSSR count). The first-order valence-electron chi connectivity index (χ1n) is 10.0. The summed E-state index contributed by atoms with van der Waals surface area (Å²) in [5.41, 5.74) is 0.703. The predicted molar refractivity (Wildman–Crippen MR) is 103 cm³/mol. The zero-order valence-corrected chi connectivity index (χ0v) is 16.7. The first kappa shape index (κ1) is 18.9. The van der Waals surface area contributed by atoms with Crippen molar-refractivity contribution in [2.24, 2.45) is 5.92 Å². The Kier molecular flexibility index (Phi) is 5.35. The number of likely N-dealkylation sites (tertiary alicyclic amines) is 1. The Hall–Kier alpha value is -2.41. The van der Waals surface area contributed by atoms with Gasteiger partial charge in [0, 0.05) is 17.4 Å². The van der Waals surface area contributed by atoms with Crippen molar-refractivity contribution < 1.29 is 18.8 Å². The van der Waals surface area contributed by atoms with Crippen LogP contribution in [0.4, 0.5) is 0 Å². The van der Waals surface area contributed by atoms with Crippen LogP contribution >= 0.6 is 0 Å². The molecule has 0 radical (unpaired) electrons. The van der Waals surface area contributed by atoms with E-state index in [-0.39, 0.29) is 23.7 Å². The fourth-order valence-electron chi connectivity index (χ4n) is 3.79. The minimum absolute atomic E-state index is 0.0277. The van der Waals surface area contributed by atoms with Gasteiger partial charge >= 0.3 is 0 Å². The van der Waals surface area contributed by atoms with E-state index in [1.165, 1.54) is 0 Å². The van der Waals surface area contributed by atoms with Crippen LogP contribution in [0.3, 0.4) is 0 Å². The lowest BCUT2D eigenvalue weighted by atomic mass is 9.88. The van der Waals surface area contributed by atoms with E-state index in [1.807, 2.05) is 32.0 Å². The first-order valence-corrected chi connectivity index (χ1v) is 10.0. The summed E-state index contributed by atoms with van der Waals surface area (Å²) in [5.74, 6) is 3.24. The molecule has 7 heteroatoms. The Morgan fingerprint density at radius 2 is 1.82 bits per heavy atom. The lowest BCUT2D eigenvalue weighted by Crippen LogP contribution is -2.38. The monoisotopic (exact) mass is 385 g/mol. The average molecular weight is 385 g/mol. The maximum absolute atomic E-state index is 13.0. The molecule has 7 nitrogen and oxygen atoms in total. The summed E-state index contributed by atoms with van der Waals surface area (Å²) in [4.78, 5) is 19.8. The smallest absolute Gasteiger partial charge is 0.243 e. The topological polar surface area (TPSA) is 77.7 Å². The highest BCUT2D eigenvalue weighted by Crippen LogP contribution is 2.33. The molecule has 2 aromatic rings. The van der Waals surface area contributed by atoms with Gasteiger partial charge in [0.05, 0.1) is 6.04 Å². The van der Waals surface area contributed by atoms with Crippen LogP contribution in [-0.2, 0) is 0 Å². The summed E-state index contributed by atoms with van der Waals surface area (Å²) in [6.07, 6.45) is 1.64. The second-order valence-electron chi connectivity index (χ2n) is 7.85. The molecule has 0 amide bonds. The summed E-state index contributed by atoms with van der Waals surface area (Å²) in [5, 5.41) is 4.06. The van der Waals surface area contributed by atoms with Gasteiger partial charge in [0.15, 0.2) is 23.1 Å². The molecule has 0 bridgehead atoms. The standard InChI is InChI=1S/C21H27N3O4/c1-13(2)20-22-21(28-23-20)14(3)24-8-6-15(7-9-24)19(25)16-4-5-17-18(12-16)27-11-10-26-17/h4-5,12-15H,6-11H2,1-3H3/t14-/m1/s1. The third-order valence-corrected chi connectivity index (χ3v) is 5.61. The van der Waals surface area contributed by atoms with Crippen LogP contribution in [0.1, 0.15) is 67.6 Å². The van der Waals surface area contributed by atoms with Crippen molar-refractivity contribution >= 4 is 5.78 Å². The van der Waals surface area contributed by atoms with Gasteiger partial charge in [0.25, 0.3) is 0 Å². The number of fused-ring (bicyclic) bond motifs is 1. The molecular formula is C21H27N3O4. The minimum atomic E-state index is 0.0277. The number of piperidine rings is 1. The van der Waals surface area contributed by atoms with Crippen molar-refractivity contribution in [1.29, 1.82) is 0 Å². The number of nitrogens with zero attached hydrogens (tertiary/aromatic N) is 3. The maximum atomic E-state index is 13.0. The van der Waals surface area contributed by atoms with Crippen LogP contribution in [0, 0.1) is 5.92 Å². The summed E-state index contributed by atoms with van der Waals surface area (Å²) >= 11 is 0. The average Bonchev–Trinajstić information content (AvgIpc) is 3.23. The van der Waals surface area contributed by atoms with E-state index in [9.17, 15) is 4.79 Å². The van der Waals surface area contributed by atoms with Gasteiger partial charge in [-0.1, -0.05) is 19.0 Å². The number of carbonyl (C=O) groups is 1. The fraction of sp³-hybridized carbons (Fsp3) is 0.571. The van der Waals surface area contributed by atoms with E-state index in [1.54, 1.807) is 0 Å². The second-order valence-corrected chi connectivity index (χ2v) is 7.85. The number of hydrogen-bond donors (Lipinski definition) is 0.